The second-order valence-electron chi connectivity index (χ2n) is 5.41. The maximum Gasteiger partial charge on any atom is 0.229 e. The maximum absolute atomic E-state index is 12.2. The van der Waals surface area contributed by atoms with Gasteiger partial charge in [0.15, 0.2) is 0 Å². The van der Waals surface area contributed by atoms with Gasteiger partial charge in [0.05, 0.1) is 5.92 Å². The molecule has 2 atom stereocenters. The van der Waals surface area contributed by atoms with Crippen molar-refractivity contribution in [2.24, 2.45) is 11.7 Å². The summed E-state index contributed by atoms with van der Waals surface area (Å²) in [4.78, 5) is 14.4. The first kappa shape index (κ1) is 14.9. The number of benzene rings is 1. The molecular weight excluding hydrogens is 250 g/mol. The summed E-state index contributed by atoms with van der Waals surface area (Å²) in [7, 11) is 0. The van der Waals surface area contributed by atoms with E-state index in [1.54, 1.807) is 0 Å². The first-order chi connectivity index (χ1) is 9.65. The van der Waals surface area contributed by atoms with E-state index in [0.29, 0.717) is 0 Å². The molecule has 20 heavy (non-hydrogen) atoms. The van der Waals surface area contributed by atoms with Gasteiger partial charge in [0.25, 0.3) is 0 Å². The largest absolute Gasteiger partial charge is 0.372 e. The molecule has 1 aliphatic carbocycles. The van der Waals surface area contributed by atoms with Crippen LogP contribution < -0.4 is 16.0 Å². The molecule has 0 saturated heterocycles. The van der Waals surface area contributed by atoms with Crippen molar-refractivity contribution in [2.45, 2.75) is 39.2 Å². The monoisotopic (exact) mass is 275 g/mol. The molecule has 0 spiro atoms. The van der Waals surface area contributed by atoms with Gasteiger partial charge in [-0.1, -0.05) is 6.42 Å². The van der Waals surface area contributed by atoms with Gasteiger partial charge in [0.2, 0.25) is 5.91 Å². The van der Waals surface area contributed by atoms with Gasteiger partial charge in [-0.05, 0) is 51.0 Å². The Labute approximate surface area is 121 Å². The van der Waals surface area contributed by atoms with E-state index >= 15 is 0 Å². The van der Waals surface area contributed by atoms with Crippen LogP contribution in [0.4, 0.5) is 11.4 Å². The first-order valence-electron chi connectivity index (χ1n) is 7.57. The minimum Gasteiger partial charge on any atom is -0.372 e. The molecule has 1 aliphatic rings. The van der Waals surface area contributed by atoms with Crippen LogP contribution in [-0.2, 0) is 4.79 Å². The molecule has 1 saturated carbocycles. The number of nitrogens with two attached hydrogens (primary N) is 1. The van der Waals surface area contributed by atoms with E-state index in [0.717, 1.165) is 38.0 Å². The van der Waals surface area contributed by atoms with Gasteiger partial charge in [-0.15, -0.1) is 0 Å². The molecule has 2 rings (SSSR count). The Balaban J connectivity index is 1.98. The number of amides is 1. The predicted octanol–water partition coefficient (Wildman–Crippen LogP) is 2.60. The van der Waals surface area contributed by atoms with E-state index in [1.807, 2.05) is 12.1 Å². The average Bonchev–Trinajstić information content (AvgIpc) is 2.88. The van der Waals surface area contributed by atoms with Crippen molar-refractivity contribution in [3.63, 3.8) is 0 Å². The van der Waals surface area contributed by atoms with E-state index in [-0.39, 0.29) is 17.9 Å². The molecule has 0 aliphatic heterocycles. The van der Waals surface area contributed by atoms with Crippen molar-refractivity contribution < 1.29 is 4.79 Å². The number of nitrogens with zero attached hydrogens (tertiary/aromatic N) is 1. The molecular formula is C16H25N3O. The third-order valence-electron chi connectivity index (χ3n) is 4.17. The van der Waals surface area contributed by atoms with Crippen LogP contribution in [0.2, 0.25) is 0 Å². The number of hydrogen-bond donors (Lipinski definition) is 2. The zero-order valence-electron chi connectivity index (χ0n) is 12.4. The van der Waals surface area contributed by atoms with Crippen LogP contribution in [0.1, 0.15) is 33.1 Å². The van der Waals surface area contributed by atoms with Crippen LogP contribution >= 0.6 is 0 Å². The quantitative estimate of drug-likeness (QED) is 0.868. The number of rotatable bonds is 5. The lowest BCUT2D eigenvalue weighted by Crippen LogP contribution is -2.34. The second-order valence-corrected chi connectivity index (χ2v) is 5.41. The SMILES string of the molecule is CCN(CC)c1ccc(NC(=O)C2CCCC2N)cc1. The molecule has 4 nitrogen and oxygen atoms in total. The maximum atomic E-state index is 12.2. The fraction of sp³-hybridized carbons (Fsp3) is 0.562. The van der Waals surface area contributed by atoms with E-state index < -0.39 is 0 Å². The number of nitrogens with one attached hydrogen (secondary N) is 1. The van der Waals surface area contributed by atoms with E-state index in [4.69, 9.17) is 5.73 Å². The Hall–Kier alpha value is -1.55. The summed E-state index contributed by atoms with van der Waals surface area (Å²) in [5, 5.41) is 2.98. The average molecular weight is 275 g/mol. The second kappa shape index (κ2) is 6.75. The Morgan fingerprint density at radius 3 is 2.40 bits per heavy atom. The zero-order valence-corrected chi connectivity index (χ0v) is 12.4. The summed E-state index contributed by atoms with van der Waals surface area (Å²) in [5.74, 6) is 0.0306. The van der Waals surface area contributed by atoms with Crippen LogP contribution in [-0.4, -0.2) is 25.0 Å². The van der Waals surface area contributed by atoms with Crippen LogP contribution in [0, 0.1) is 5.92 Å². The van der Waals surface area contributed by atoms with Gasteiger partial charge in [-0.25, -0.2) is 0 Å². The highest BCUT2D eigenvalue weighted by atomic mass is 16.1. The highest BCUT2D eigenvalue weighted by molar-refractivity contribution is 5.93. The number of carbonyl (C=O) groups excluding carboxylic acids is 1. The highest BCUT2D eigenvalue weighted by Gasteiger charge is 2.30. The molecule has 0 aromatic heterocycles. The molecule has 1 aromatic carbocycles. The third kappa shape index (κ3) is 3.31. The Morgan fingerprint density at radius 1 is 1.25 bits per heavy atom. The van der Waals surface area contributed by atoms with Gasteiger partial charge >= 0.3 is 0 Å². The molecule has 1 fully saturated rings. The van der Waals surface area contributed by atoms with Crippen LogP contribution in [0.15, 0.2) is 24.3 Å². The molecule has 4 heteroatoms. The summed E-state index contributed by atoms with van der Waals surface area (Å²) in [6.07, 6.45) is 2.92. The highest BCUT2D eigenvalue weighted by Crippen LogP contribution is 2.26. The molecule has 0 heterocycles. The summed E-state index contributed by atoms with van der Waals surface area (Å²) < 4.78 is 0. The Bertz CT molecular complexity index is 440. The van der Waals surface area contributed by atoms with Crippen LogP contribution in [0.25, 0.3) is 0 Å². The number of anilines is 2. The first-order valence-corrected chi connectivity index (χ1v) is 7.57. The van der Waals surface area contributed by atoms with Crippen LogP contribution in [0.3, 0.4) is 0 Å². The van der Waals surface area contributed by atoms with Crippen molar-refractivity contribution >= 4 is 17.3 Å². The lowest BCUT2D eigenvalue weighted by molar-refractivity contribution is -0.120. The summed E-state index contributed by atoms with van der Waals surface area (Å²) in [6, 6.07) is 8.05. The van der Waals surface area contributed by atoms with Gasteiger partial charge in [0.1, 0.15) is 0 Å². The van der Waals surface area contributed by atoms with E-state index in [9.17, 15) is 4.79 Å². The fourth-order valence-electron chi connectivity index (χ4n) is 2.89. The van der Waals surface area contributed by atoms with Crippen molar-refractivity contribution in [1.82, 2.24) is 0 Å². The van der Waals surface area contributed by atoms with Gasteiger partial charge in [0, 0.05) is 30.5 Å². The minimum absolute atomic E-state index is 0.0185. The lowest BCUT2D eigenvalue weighted by atomic mass is 10.0. The number of carbonyl (C=O) groups is 1. The molecule has 3 N–H and O–H groups in total. The zero-order chi connectivity index (χ0) is 14.5. The lowest BCUT2D eigenvalue weighted by Gasteiger charge is -2.21. The van der Waals surface area contributed by atoms with E-state index in [2.05, 4.69) is 36.2 Å². The van der Waals surface area contributed by atoms with Crippen LogP contribution in [0.5, 0.6) is 0 Å². The summed E-state index contributed by atoms with van der Waals surface area (Å²) in [6.45, 7) is 6.25. The standard InChI is InChI=1S/C16H25N3O/c1-3-19(4-2)13-10-8-12(9-11-13)18-16(20)14-6-5-7-15(14)17/h8-11,14-15H,3-7,17H2,1-2H3,(H,18,20). The molecule has 0 bridgehead atoms. The molecule has 2 unspecified atom stereocenters. The minimum atomic E-state index is -0.0301. The topological polar surface area (TPSA) is 58.4 Å². The summed E-state index contributed by atoms with van der Waals surface area (Å²) >= 11 is 0. The molecule has 1 amide bonds. The van der Waals surface area contributed by atoms with Gasteiger partial charge in [-0.3, -0.25) is 4.79 Å². The van der Waals surface area contributed by atoms with Crippen molar-refractivity contribution in [1.29, 1.82) is 0 Å². The van der Waals surface area contributed by atoms with E-state index in [1.165, 1.54) is 5.69 Å². The van der Waals surface area contributed by atoms with Crippen molar-refractivity contribution in [2.75, 3.05) is 23.3 Å². The molecule has 0 radical (unpaired) electrons. The predicted molar refractivity (Wildman–Crippen MR) is 83.9 cm³/mol. The van der Waals surface area contributed by atoms with Crippen molar-refractivity contribution in [3.05, 3.63) is 24.3 Å². The Morgan fingerprint density at radius 2 is 1.90 bits per heavy atom. The third-order valence-corrected chi connectivity index (χ3v) is 4.17. The normalized spacial score (nSPS) is 21.8. The van der Waals surface area contributed by atoms with Gasteiger partial charge < -0.3 is 16.0 Å². The number of hydrogen-bond acceptors (Lipinski definition) is 3. The summed E-state index contributed by atoms with van der Waals surface area (Å²) in [5.41, 5.74) is 8.00. The Kier molecular flexibility index (Phi) is 5.01. The molecule has 1 aromatic rings. The fourth-order valence-corrected chi connectivity index (χ4v) is 2.89. The van der Waals surface area contributed by atoms with Crippen molar-refractivity contribution in [3.8, 4) is 0 Å². The van der Waals surface area contributed by atoms with Gasteiger partial charge in [-0.2, -0.15) is 0 Å². The smallest absolute Gasteiger partial charge is 0.229 e. The molecule has 110 valence electrons.